The van der Waals surface area contributed by atoms with E-state index in [-0.39, 0.29) is 5.92 Å². The molecule has 0 amide bonds. The first-order valence-corrected chi connectivity index (χ1v) is 6.28. The van der Waals surface area contributed by atoms with E-state index in [4.69, 9.17) is 0 Å². The van der Waals surface area contributed by atoms with Gasteiger partial charge in [0.2, 0.25) is 0 Å². The van der Waals surface area contributed by atoms with Crippen LogP contribution in [-0.4, -0.2) is 5.11 Å². The number of hydrogen-bond acceptors (Lipinski definition) is 1. The van der Waals surface area contributed by atoms with Crippen molar-refractivity contribution in [1.29, 1.82) is 0 Å². The smallest absolute Gasteiger partial charge is 0.0899 e. The number of benzene rings is 2. The molecule has 0 saturated heterocycles. The molecule has 17 heavy (non-hydrogen) atoms. The van der Waals surface area contributed by atoms with Gasteiger partial charge in [0.05, 0.1) is 5.60 Å². The molecule has 90 valence electrons. The standard InChI is InChI=1S/C16H20O/c1-4-12(2)16(3,17)15-11-7-9-13-8-5-6-10-14(13)15/h5-12,17H,4H2,1-3H3. The van der Waals surface area contributed by atoms with Gasteiger partial charge in [-0.15, -0.1) is 0 Å². The molecule has 0 aliphatic rings. The lowest BCUT2D eigenvalue weighted by Gasteiger charge is -2.31. The largest absolute Gasteiger partial charge is 0.385 e. The first-order chi connectivity index (χ1) is 8.07. The Labute approximate surface area is 103 Å². The molecule has 0 bridgehead atoms. The molecular weight excluding hydrogens is 208 g/mol. The third-order valence-electron chi connectivity index (χ3n) is 3.91. The molecule has 0 saturated carbocycles. The van der Waals surface area contributed by atoms with Gasteiger partial charge in [-0.3, -0.25) is 0 Å². The topological polar surface area (TPSA) is 20.2 Å². The van der Waals surface area contributed by atoms with Gasteiger partial charge in [-0.1, -0.05) is 62.7 Å². The summed E-state index contributed by atoms with van der Waals surface area (Å²) >= 11 is 0. The van der Waals surface area contributed by atoms with Crippen LogP contribution in [0.3, 0.4) is 0 Å². The van der Waals surface area contributed by atoms with Gasteiger partial charge in [0, 0.05) is 0 Å². The predicted octanol–water partition coefficient (Wildman–Crippen LogP) is 4.09. The highest BCUT2D eigenvalue weighted by atomic mass is 16.3. The molecule has 1 heteroatoms. The van der Waals surface area contributed by atoms with Crippen LogP contribution < -0.4 is 0 Å². The molecule has 1 N–H and O–H groups in total. The van der Waals surface area contributed by atoms with Crippen molar-refractivity contribution in [3.05, 3.63) is 48.0 Å². The Morgan fingerprint density at radius 1 is 1.12 bits per heavy atom. The van der Waals surface area contributed by atoms with Gasteiger partial charge < -0.3 is 5.11 Å². The zero-order valence-corrected chi connectivity index (χ0v) is 10.8. The highest BCUT2D eigenvalue weighted by Crippen LogP contribution is 2.35. The Bertz CT molecular complexity index is 508. The molecule has 0 fully saturated rings. The second-order valence-electron chi connectivity index (χ2n) is 4.98. The monoisotopic (exact) mass is 228 g/mol. The summed E-state index contributed by atoms with van der Waals surface area (Å²) in [5.41, 5.74) is 0.264. The second kappa shape index (κ2) is 4.50. The van der Waals surface area contributed by atoms with Crippen LogP contribution in [0, 0.1) is 5.92 Å². The van der Waals surface area contributed by atoms with Crippen molar-refractivity contribution >= 4 is 10.8 Å². The quantitative estimate of drug-likeness (QED) is 0.838. The molecule has 2 aromatic rings. The van der Waals surface area contributed by atoms with E-state index in [1.54, 1.807) is 0 Å². The molecule has 0 heterocycles. The van der Waals surface area contributed by atoms with Crippen LogP contribution in [0.5, 0.6) is 0 Å². The minimum atomic E-state index is -0.768. The lowest BCUT2D eigenvalue weighted by Crippen LogP contribution is -2.29. The maximum atomic E-state index is 10.8. The van der Waals surface area contributed by atoms with Gasteiger partial charge in [-0.05, 0) is 29.2 Å². The lowest BCUT2D eigenvalue weighted by molar-refractivity contribution is 0.00143. The minimum Gasteiger partial charge on any atom is -0.385 e. The van der Waals surface area contributed by atoms with E-state index in [1.165, 1.54) is 5.39 Å². The summed E-state index contributed by atoms with van der Waals surface area (Å²) in [6, 6.07) is 14.4. The van der Waals surface area contributed by atoms with Gasteiger partial charge >= 0.3 is 0 Å². The van der Waals surface area contributed by atoms with Crippen LogP contribution >= 0.6 is 0 Å². The Hall–Kier alpha value is -1.34. The van der Waals surface area contributed by atoms with Gasteiger partial charge in [0.25, 0.3) is 0 Å². The van der Waals surface area contributed by atoms with Crippen molar-refractivity contribution in [2.24, 2.45) is 5.92 Å². The van der Waals surface area contributed by atoms with Crippen LogP contribution in [0.25, 0.3) is 10.8 Å². The van der Waals surface area contributed by atoms with Gasteiger partial charge in [-0.2, -0.15) is 0 Å². The first-order valence-electron chi connectivity index (χ1n) is 6.28. The van der Waals surface area contributed by atoms with Gasteiger partial charge in [0.1, 0.15) is 0 Å². The third kappa shape index (κ3) is 2.07. The van der Waals surface area contributed by atoms with E-state index >= 15 is 0 Å². The second-order valence-corrected chi connectivity index (χ2v) is 4.98. The predicted molar refractivity (Wildman–Crippen MR) is 73.0 cm³/mol. The molecule has 0 aromatic heterocycles. The summed E-state index contributed by atoms with van der Waals surface area (Å²) in [6.07, 6.45) is 0.968. The molecule has 0 aliphatic heterocycles. The number of fused-ring (bicyclic) bond motifs is 1. The summed E-state index contributed by atoms with van der Waals surface area (Å²) < 4.78 is 0. The van der Waals surface area contributed by atoms with Crippen LogP contribution in [0.15, 0.2) is 42.5 Å². The average molecular weight is 228 g/mol. The summed E-state index contributed by atoms with van der Waals surface area (Å²) in [6.45, 7) is 6.13. The Balaban J connectivity index is 2.63. The summed E-state index contributed by atoms with van der Waals surface area (Å²) in [5, 5.41) is 13.1. The van der Waals surface area contributed by atoms with E-state index in [9.17, 15) is 5.11 Å². The maximum absolute atomic E-state index is 10.8. The van der Waals surface area contributed by atoms with Crippen molar-refractivity contribution < 1.29 is 5.11 Å². The van der Waals surface area contributed by atoms with Crippen molar-refractivity contribution in [1.82, 2.24) is 0 Å². The molecule has 2 aromatic carbocycles. The highest BCUT2D eigenvalue weighted by molar-refractivity contribution is 5.86. The van der Waals surface area contributed by atoms with Crippen molar-refractivity contribution in [3.8, 4) is 0 Å². The Morgan fingerprint density at radius 3 is 2.47 bits per heavy atom. The highest BCUT2D eigenvalue weighted by Gasteiger charge is 2.30. The summed E-state index contributed by atoms with van der Waals surface area (Å²) in [7, 11) is 0. The van der Waals surface area contributed by atoms with E-state index < -0.39 is 5.60 Å². The Morgan fingerprint density at radius 2 is 1.76 bits per heavy atom. The van der Waals surface area contributed by atoms with Crippen LogP contribution in [0.2, 0.25) is 0 Å². The fourth-order valence-electron chi connectivity index (χ4n) is 2.33. The molecule has 2 unspecified atom stereocenters. The van der Waals surface area contributed by atoms with Crippen molar-refractivity contribution in [3.63, 3.8) is 0 Å². The van der Waals surface area contributed by atoms with Crippen molar-refractivity contribution in [2.75, 3.05) is 0 Å². The van der Waals surface area contributed by atoms with E-state index in [0.29, 0.717) is 0 Å². The van der Waals surface area contributed by atoms with Crippen LogP contribution in [-0.2, 0) is 5.60 Å². The molecule has 0 radical (unpaired) electrons. The van der Waals surface area contributed by atoms with Crippen LogP contribution in [0.4, 0.5) is 0 Å². The van der Waals surface area contributed by atoms with Crippen molar-refractivity contribution in [2.45, 2.75) is 32.8 Å². The SMILES string of the molecule is CCC(C)C(C)(O)c1cccc2ccccc12. The molecule has 0 aliphatic carbocycles. The molecule has 2 atom stereocenters. The number of hydrogen-bond donors (Lipinski definition) is 1. The molecule has 0 spiro atoms. The van der Waals surface area contributed by atoms with E-state index in [2.05, 4.69) is 32.0 Å². The zero-order chi connectivity index (χ0) is 12.5. The van der Waals surface area contributed by atoms with Gasteiger partial charge in [0.15, 0.2) is 0 Å². The van der Waals surface area contributed by atoms with Crippen LogP contribution in [0.1, 0.15) is 32.8 Å². The fraction of sp³-hybridized carbons (Fsp3) is 0.375. The van der Waals surface area contributed by atoms with Gasteiger partial charge in [-0.25, -0.2) is 0 Å². The van der Waals surface area contributed by atoms with E-state index in [1.807, 2.05) is 31.2 Å². The first kappa shape index (κ1) is 12.1. The summed E-state index contributed by atoms with van der Waals surface area (Å²) in [5.74, 6) is 0.244. The zero-order valence-electron chi connectivity index (χ0n) is 10.8. The number of rotatable bonds is 3. The normalized spacial score (nSPS) is 16.7. The number of aliphatic hydroxyl groups is 1. The minimum absolute atomic E-state index is 0.244. The molecule has 2 rings (SSSR count). The molecular formula is C16H20O. The fourth-order valence-corrected chi connectivity index (χ4v) is 2.33. The van der Waals surface area contributed by atoms with E-state index in [0.717, 1.165) is 17.4 Å². The maximum Gasteiger partial charge on any atom is 0.0899 e. The average Bonchev–Trinajstić information content (AvgIpc) is 2.37. The Kier molecular flexibility index (Phi) is 3.21. The third-order valence-corrected chi connectivity index (χ3v) is 3.91. The lowest BCUT2D eigenvalue weighted by atomic mass is 9.80. The summed E-state index contributed by atoms with van der Waals surface area (Å²) in [4.78, 5) is 0. The molecule has 1 nitrogen and oxygen atoms in total.